The molecule has 0 radical (unpaired) electrons. The van der Waals surface area contributed by atoms with Crippen LogP contribution in [0.3, 0.4) is 0 Å². The first-order valence-electron chi connectivity index (χ1n) is 9.35. The van der Waals surface area contributed by atoms with Gasteiger partial charge in [-0.25, -0.2) is 4.98 Å². The predicted molar refractivity (Wildman–Crippen MR) is 107 cm³/mol. The summed E-state index contributed by atoms with van der Waals surface area (Å²) in [5.74, 6) is -1.10. The minimum Gasteiger partial charge on any atom is -0.507 e. The highest BCUT2D eigenvalue weighted by atomic mass is 35.5. The Morgan fingerprint density at radius 2 is 2.03 bits per heavy atom. The third kappa shape index (κ3) is 4.42. The first-order chi connectivity index (χ1) is 15.1. The Kier molecular flexibility index (Phi) is 5.59. The van der Waals surface area contributed by atoms with E-state index < -0.39 is 12.8 Å². The summed E-state index contributed by atoms with van der Waals surface area (Å²) >= 11 is 5.96. The van der Waals surface area contributed by atoms with Crippen molar-refractivity contribution >= 4 is 17.5 Å². The molecule has 3 N–H and O–H groups in total. The van der Waals surface area contributed by atoms with E-state index in [0.29, 0.717) is 29.8 Å². The van der Waals surface area contributed by atoms with Crippen LogP contribution in [0.2, 0.25) is 5.02 Å². The Morgan fingerprint density at radius 1 is 1.25 bits per heavy atom. The van der Waals surface area contributed by atoms with E-state index in [0.717, 1.165) is 18.0 Å². The fourth-order valence-electron chi connectivity index (χ4n) is 3.36. The summed E-state index contributed by atoms with van der Waals surface area (Å²) in [6, 6.07) is 5.04. The second-order valence-electron chi connectivity index (χ2n) is 7.12. The maximum absolute atomic E-state index is 12.9. The topological polar surface area (TPSA) is 112 Å². The van der Waals surface area contributed by atoms with Crippen molar-refractivity contribution in [2.75, 3.05) is 13.2 Å². The van der Waals surface area contributed by atoms with Crippen molar-refractivity contribution in [2.24, 2.45) is 0 Å². The van der Waals surface area contributed by atoms with Crippen molar-refractivity contribution in [2.45, 2.75) is 19.1 Å². The van der Waals surface area contributed by atoms with E-state index in [9.17, 15) is 28.2 Å². The summed E-state index contributed by atoms with van der Waals surface area (Å²) in [6.45, 7) is -0.925. The van der Waals surface area contributed by atoms with Crippen molar-refractivity contribution < 1.29 is 32.9 Å². The van der Waals surface area contributed by atoms with Crippen LogP contribution >= 0.6 is 11.6 Å². The molecular weight excluding hydrogens is 453 g/mol. The number of aromatic amines is 1. The van der Waals surface area contributed by atoms with E-state index in [1.54, 1.807) is 0 Å². The van der Waals surface area contributed by atoms with Gasteiger partial charge in [-0.2, -0.15) is 18.3 Å². The Morgan fingerprint density at radius 3 is 2.72 bits per heavy atom. The van der Waals surface area contributed by atoms with Crippen LogP contribution in [0.5, 0.6) is 17.4 Å². The van der Waals surface area contributed by atoms with E-state index in [1.807, 2.05) is 0 Å². The summed E-state index contributed by atoms with van der Waals surface area (Å²) in [4.78, 5) is 18.2. The van der Waals surface area contributed by atoms with Crippen LogP contribution < -0.4 is 4.74 Å². The molecule has 8 nitrogen and oxygen atoms in total. The van der Waals surface area contributed by atoms with E-state index in [2.05, 4.69) is 19.9 Å². The predicted octanol–water partition coefficient (Wildman–Crippen LogP) is 3.68. The van der Waals surface area contributed by atoms with Crippen molar-refractivity contribution in [1.29, 1.82) is 0 Å². The molecule has 0 saturated carbocycles. The van der Waals surface area contributed by atoms with Gasteiger partial charge in [-0.3, -0.25) is 9.89 Å². The molecule has 32 heavy (non-hydrogen) atoms. The number of ether oxygens (including phenoxy) is 1. The number of benzene rings is 1. The fourth-order valence-corrected chi connectivity index (χ4v) is 3.53. The number of nitrogens with one attached hydrogen (secondary N) is 1. The third-order valence-corrected chi connectivity index (χ3v) is 5.21. The fraction of sp³-hybridized carbons (Fsp3) is 0.250. The molecule has 1 aliphatic heterocycles. The molecule has 0 bridgehead atoms. The monoisotopic (exact) mass is 468 g/mol. The Hall–Kier alpha value is -3.47. The number of halogens is 4. The number of rotatable bonds is 4. The number of amides is 1. The third-order valence-electron chi connectivity index (χ3n) is 4.91. The lowest BCUT2D eigenvalue weighted by Gasteiger charge is -2.27. The zero-order valence-corrected chi connectivity index (χ0v) is 17.0. The summed E-state index contributed by atoms with van der Waals surface area (Å²) in [6.07, 6.45) is -2.85. The number of hydrogen-bond acceptors (Lipinski definition) is 6. The number of fused-ring (bicyclic) bond motifs is 1. The van der Waals surface area contributed by atoms with Crippen molar-refractivity contribution in [3.8, 4) is 28.6 Å². The lowest BCUT2D eigenvalue weighted by molar-refractivity contribution is -0.154. The van der Waals surface area contributed by atoms with Crippen LogP contribution in [0, 0.1) is 0 Å². The van der Waals surface area contributed by atoms with Crippen LogP contribution in [0.4, 0.5) is 13.2 Å². The van der Waals surface area contributed by atoms with Gasteiger partial charge in [0.25, 0.3) is 5.91 Å². The van der Waals surface area contributed by atoms with Gasteiger partial charge in [-0.15, -0.1) is 0 Å². The number of carbonyl (C=O) groups excluding carboxylic acids is 1. The highest BCUT2D eigenvalue weighted by Gasteiger charge is 2.29. The molecule has 1 aliphatic rings. The molecule has 1 amide bonds. The van der Waals surface area contributed by atoms with Gasteiger partial charge in [0.15, 0.2) is 6.61 Å². The summed E-state index contributed by atoms with van der Waals surface area (Å²) < 4.78 is 41.3. The molecule has 3 aromatic rings. The molecule has 0 spiro atoms. The van der Waals surface area contributed by atoms with Gasteiger partial charge >= 0.3 is 6.18 Å². The highest BCUT2D eigenvalue weighted by Crippen LogP contribution is 2.39. The molecule has 4 rings (SSSR count). The molecule has 0 unspecified atom stereocenters. The smallest absolute Gasteiger partial charge is 0.422 e. The van der Waals surface area contributed by atoms with Crippen LogP contribution in [0.1, 0.15) is 21.6 Å². The maximum Gasteiger partial charge on any atom is 0.422 e. The normalized spacial score (nSPS) is 13.7. The second kappa shape index (κ2) is 8.23. The highest BCUT2D eigenvalue weighted by molar-refractivity contribution is 6.32. The zero-order chi connectivity index (χ0) is 23.0. The van der Waals surface area contributed by atoms with E-state index in [4.69, 9.17) is 11.6 Å². The lowest BCUT2D eigenvalue weighted by Crippen LogP contribution is -2.36. The SMILES string of the molecule is O=C(c1ccc(OCC(F)(F)F)nc1)N1CCc2[nH]nc(-c3cc(Cl)c(O)cc3O)c2C1. The Balaban J connectivity index is 1.53. The van der Waals surface area contributed by atoms with E-state index in [1.165, 1.54) is 23.1 Å². The number of H-pyrrole nitrogens is 1. The number of carbonyl (C=O) groups is 1. The summed E-state index contributed by atoms with van der Waals surface area (Å²) in [5, 5.41) is 27.0. The number of pyridine rings is 1. The van der Waals surface area contributed by atoms with Crippen LogP contribution in [0.25, 0.3) is 11.3 Å². The average Bonchev–Trinajstić information content (AvgIpc) is 3.17. The van der Waals surface area contributed by atoms with Crippen LogP contribution in [-0.2, 0) is 13.0 Å². The number of nitrogens with zero attached hydrogens (tertiary/aromatic N) is 3. The Bertz CT molecular complexity index is 1160. The maximum atomic E-state index is 12.9. The molecule has 168 valence electrons. The Labute approximate surface area is 184 Å². The van der Waals surface area contributed by atoms with Crippen molar-refractivity contribution in [3.05, 3.63) is 52.3 Å². The molecule has 2 aromatic heterocycles. The van der Waals surface area contributed by atoms with Gasteiger partial charge in [0.2, 0.25) is 5.88 Å². The number of aromatic hydroxyl groups is 2. The van der Waals surface area contributed by atoms with Crippen molar-refractivity contribution in [1.82, 2.24) is 20.1 Å². The van der Waals surface area contributed by atoms with Gasteiger partial charge < -0.3 is 19.8 Å². The number of hydrogen-bond donors (Lipinski definition) is 3. The van der Waals surface area contributed by atoms with Gasteiger partial charge in [0.05, 0.1) is 10.6 Å². The van der Waals surface area contributed by atoms with Gasteiger partial charge in [-0.05, 0) is 12.1 Å². The van der Waals surface area contributed by atoms with Gasteiger partial charge in [0, 0.05) is 54.7 Å². The quantitative estimate of drug-likeness (QED) is 0.538. The second-order valence-corrected chi connectivity index (χ2v) is 7.52. The molecule has 0 atom stereocenters. The molecule has 12 heteroatoms. The first kappa shape index (κ1) is 21.8. The van der Waals surface area contributed by atoms with Crippen LogP contribution in [0.15, 0.2) is 30.5 Å². The number of phenolic OH excluding ortho intramolecular Hbond substituents is 2. The number of alkyl halides is 3. The first-order valence-corrected chi connectivity index (χ1v) is 9.73. The van der Waals surface area contributed by atoms with E-state index >= 15 is 0 Å². The van der Waals surface area contributed by atoms with Gasteiger partial charge in [-0.1, -0.05) is 11.6 Å². The average molecular weight is 469 g/mol. The molecule has 0 fully saturated rings. The molecule has 0 aliphatic carbocycles. The molecule has 3 heterocycles. The molecular formula is C20H16ClF3N4O4. The van der Waals surface area contributed by atoms with Gasteiger partial charge in [0.1, 0.15) is 17.2 Å². The zero-order valence-electron chi connectivity index (χ0n) is 16.3. The summed E-state index contributed by atoms with van der Waals surface area (Å²) in [5.41, 5.74) is 2.35. The lowest BCUT2D eigenvalue weighted by atomic mass is 9.99. The largest absolute Gasteiger partial charge is 0.507 e. The standard InChI is InChI=1S/C20H16ClF3N4O4/c21-13-5-11(15(29)6-16(13)30)18-12-8-28(4-3-14(12)26-27-18)19(31)10-1-2-17(25-7-10)32-9-20(22,23)24/h1-2,5-7,29-30H,3-4,8-9H2,(H,26,27). The van der Waals surface area contributed by atoms with E-state index in [-0.39, 0.29) is 40.4 Å². The number of aromatic nitrogens is 3. The number of phenols is 2. The minimum absolute atomic E-state index is 0.0391. The summed E-state index contributed by atoms with van der Waals surface area (Å²) in [7, 11) is 0. The minimum atomic E-state index is -4.49. The molecule has 1 aromatic carbocycles. The van der Waals surface area contributed by atoms with Crippen LogP contribution in [-0.4, -0.2) is 55.5 Å². The molecule has 0 saturated heterocycles. The van der Waals surface area contributed by atoms with Crippen molar-refractivity contribution in [3.63, 3.8) is 0 Å².